The molecule has 0 bridgehead atoms. The van der Waals surface area contributed by atoms with Gasteiger partial charge < -0.3 is 19.5 Å². The van der Waals surface area contributed by atoms with Gasteiger partial charge in [0.1, 0.15) is 5.75 Å². The molecule has 0 fully saturated rings. The highest BCUT2D eigenvalue weighted by Crippen LogP contribution is 2.38. The van der Waals surface area contributed by atoms with Crippen LogP contribution in [0.1, 0.15) is 31.9 Å². The monoisotopic (exact) mass is 476 g/mol. The van der Waals surface area contributed by atoms with E-state index in [2.05, 4.69) is 26.1 Å². The van der Waals surface area contributed by atoms with Gasteiger partial charge in [0.2, 0.25) is 10.0 Å². The van der Waals surface area contributed by atoms with Crippen molar-refractivity contribution in [2.24, 2.45) is 0 Å². The number of nitrogens with one attached hydrogen (secondary N) is 1. The molecule has 1 atom stereocenters. The average Bonchev–Trinajstić information content (AvgIpc) is 2.76. The van der Waals surface area contributed by atoms with Crippen molar-refractivity contribution in [1.29, 1.82) is 0 Å². The topological polar surface area (TPSA) is 94.2 Å². The maximum atomic E-state index is 12.8. The Morgan fingerprint density at radius 1 is 1.12 bits per heavy atom. The molecule has 0 spiro atoms. The van der Waals surface area contributed by atoms with Crippen LogP contribution >= 0.6 is 0 Å². The lowest BCUT2D eigenvalue weighted by atomic mass is 9.86. The zero-order valence-electron chi connectivity index (χ0n) is 20.0. The van der Waals surface area contributed by atoms with Crippen LogP contribution in [-0.4, -0.2) is 54.0 Å². The summed E-state index contributed by atoms with van der Waals surface area (Å²) in [6, 6.07) is 11.0. The summed E-state index contributed by atoms with van der Waals surface area (Å²) in [4.78, 5) is 12.8. The Balaban J connectivity index is 1.72. The number of ether oxygens (including phenoxy) is 3. The molecule has 0 aromatic heterocycles. The molecule has 2 aromatic rings. The number of anilines is 1. The van der Waals surface area contributed by atoms with Gasteiger partial charge in [0.15, 0.2) is 17.6 Å². The highest BCUT2D eigenvalue weighted by atomic mass is 32.2. The molecule has 2 aromatic carbocycles. The molecule has 1 unspecified atom stereocenters. The second-order valence-corrected chi connectivity index (χ2v) is 11.0. The molecule has 1 amide bonds. The Morgan fingerprint density at radius 2 is 1.82 bits per heavy atom. The van der Waals surface area contributed by atoms with Crippen LogP contribution in [-0.2, 0) is 26.7 Å². The fourth-order valence-electron chi connectivity index (χ4n) is 3.65. The Hall–Kier alpha value is -2.94. The summed E-state index contributed by atoms with van der Waals surface area (Å²) in [5.74, 6) is 1.26. The van der Waals surface area contributed by atoms with Gasteiger partial charge >= 0.3 is 0 Å². The van der Waals surface area contributed by atoms with Crippen LogP contribution in [0.25, 0.3) is 0 Å². The molecule has 1 N–H and O–H groups in total. The third-order valence-electron chi connectivity index (χ3n) is 5.55. The summed E-state index contributed by atoms with van der Waals surface area (Å²) in [6.07, 6.45) is 0.760. The van der Waals surface area contributed by atoms with E-state index in [4.69, 9.17) is 14.2 Å². The molecular weight excluding hydrogens is 444 g/mol. The van der Waals surface area contributed by atoms with Crippen molar-refractivity contribution in [3.05, 3.63) is 47.5 Å². The fraction of sp³-hybridized carbons (Fsp3) is 0.458. The molecule has 0 aliphatic carbocycles. The highest BCUT2D eigenvalue weighted by Gasteiger charge is 2.35. The minimum absolute atomic E-state index is 0.0817. The highest BCUT2D eigenvalue weighted by molar-refractivity contribution is 7.92. The molecule has 8 nitrogen and oxygen atoms in total. The number of fused-ring (bicyclic) bond motifs is 1. The van der Waals surface area contributed by atoms with Gasteiger partial charge in [0, 0.05) is 6.54 Å². The molecule has 180 valence electrons. The normalized spacial score (nSPS) is 15.9. The van der Waals surface area contributed by atoms with Gasteiger partial charge in [-0.1, -0.05) is 32.9 Å². The van der Waals surface area contributed by atoms with E-state index < -0.39 is 16.1 Å². The van der Waals surface area contributed by atoms with Gasteiger partial charge in [0.25, 0.3) is 5.91 Å². The third kappa shape index (κ3) is 5.71. The number of rotatable bonds is 7. The lowest BCUT2D eigenvalue weighted by molar-refractivity contribution is -0.127. The van der Waals surface area contributed by atoms with E-state index in [0.29, 0.717) is 35.9 Å². The number of nitrogens with zero attached hydrogens (tertiary/aromatic N) is 1. The molecule has 33 heavy (non-hydrogen) atoms. The lowest BCUT2D eigenvalue weighted by Gasteiger charge is -2.35. The number of hydrogen-bond acceptors (Lipinski definition) is 6. The van der Waals surface area contributed by atoms with Gasteiger partial charge in [-0.15, -0.1) is 0 Å². The van der Waals surface area contributed by atoms with E-state index in [0.717, 1.165) is 17.4 Å². The van der Waals surface area contributed by atoms with E-state index >= 15 is 0 Å². The van der Waals surface area contributed by atoms with Crippen molar-refractivity contribution in [2.45, 2.75) is 38.7 Å². The Labute approximate surface area is 195 Å². The van der Waals surface area contributed by atoms with Gasteiger partial charge in [0.05, 0.1) is 32.7 Å². The van der Waals surface area contributed by atoms with Crippen molar-refractivity contribution in [2.75, 3.05) is 37.9 Å². The van der Waals surface area contributed by atoms with Crippen molar-refractivity contribution in [3.63, 3.8) is 0 Å². The van der Waals surface area contributed by atoms with Crippen LogP contribution in [0.4, 0.5) is 5.69 Å². The minimum Gasteiger partial charge on any atom is -0.493 e. The molecule has 1 heterocycles. The smallest absolute Gasteiger partial charge is 0.263 e. The first-order chi connectivity index (χ1) is 15.4. The Morgan fingerprint density at radius 3 is 2.42 bits per heavy atom. The van der Waals surface area contributed by atoms with Crippen LogP contribution < -0.4 is 23.8 Å². The van der Waals surface area contributed by atoms with E-state index in [9.17, 15) is 13.2 Å². The SMILES string of the molecule is COc1ccc(CCNC(=O)C2CN(S(C)(=O)=O)c3cc(C(C)(C)C)ccc3O2)cc1OC. The number of methoxy groups -OCH3 is 2. The van der Waals surface area contributed by atoms with Crippen LogP contribution in [0.15, 0.2) is 36.4 Å². The van der Waals surface area contributed by atoms with Crippen molar-refractivity contribution in [1.82, 2.24) is 5.32 Å². The standard InChI is InChI=1S/C24H32N2O6S/c1-24(2,3)17-8-10-19-18(14-17)26(33(6,28)29)15-22(32-19)23(27)25-12-11-16-7-9-20(30-4)21(13-16)31-5/h7-10,13-14,22H,11-12,15H2,1-6H3,(H,25,27). The van der Waals surface area contributed by atoms with Crippen LogP contribution in [0.2, 0.25) is 0 Å². The minimum atomic E-state index is -3.60. The van der Waals surface area contributed by atoms with E-state index in [1.165, 1.54) is 4.31 Å². The lowest BCUT2D eigenvalue weighted by Crippen LogP contribution is -2.50. The average molecular weight is 477 g/mol. The first-order valence-corrected chi connectivity index (χ1v) is 12.6. The third-order valence-corrected chi connectivity index (χ3v) is 6.69. The molecule has 0 radical (unpaired) electrons. The maximum absolute atomic E-state index is 12.8. The van der Waals surface area contributed by atoms with Crippen LogP contribution in [0.3, 0.4) is 0 Å². The summed E-state index contributed by atoms with van der Waals surface area (Å²) in [5, 5.41) is 2.85. The predicted octanol–water partition coefficient (Wildman–Crippen LogP) is 2.89. The second-order valence-electron chi connectivity index (χ2n) is 9.06. The van der Waals surface area contributed by atoms with E-state index in [1.807, 2.05) is 30.3 Å². The Bertz CT molecular complexity index is 1120. The number of carbonyl (C=O) groups is 1. The first kappa shape index (κ1) is 24.7. The second kappa shape index (κ2) is 9.51. The van der Waals surface area contributed by atoms with Crippen LogP contribution in [0, 0.1) is 0 Å². The van der Waals surface area contributed by atoms with Crippen molar-refractivity contribution >= 4 is 21.6 Å². The number of hydrogen-bond donors (Lipinski definition) is 1. The molecular formula is C24H32N2O6S. The van der Waals surface area contributed by atoms with Gasteiger partial charge in [-0.25, -0.2) is 8.42 Å². The zero-order chi connectivity index (χ0) is 24.4. The van der Waals surface area contributed by atoms with Crippen LogP contribution in [0.5, 0.6) is 17.2 Å². The number of sulfonamides is 1. The van der Waals surface area contributed by atoms with E-state index in [-0.39, 0.29) is 17.9 Å². The van der Waals surface area contributed by atoms with E-state index in [1.54, 1.807) is 20.3 Å². The van der Waals surface area contributed by atoms with Crippen molar-refractivity contribution < 1.29 is 27.4 Å². The quantitative estimate of drug-likeness (QED) is 0.661. The van der Waals surface area contributed by atoms with Gasteiger partial charge in [-0.2, -0.15) is 0 Å². The summed E-state index contributed by atoms with van der Waals surface area (Å²) in [6.45, 7) is 6.44. The van der Waals surface area contributed by atoms with Gasteiger partial charge in [-0.3, -0.25) is 9.10 Å². The molecule has 1 aliphatic rings. The predicted molar refractivity (Wildman–Crippen MR) is 128 cm³/mol. The molecule has 3 rings (SSSR count). The number of benzene rings is 2. The Kier molecular flexibility index (Phi) is 7.11. The largest absolute Gasteiger partial charge is 0.493 e. The number of carbonyl (C=O) groups excluding carboxylic acids is 1. The molecule has 0 saturated heterocycles. The summed E-state index contributed by atoms with van der Waals surface area (Å²) >= 11 is 0. The zero-order valence-corrected chi connectivity index (χ0v) is 20.8. The number of amides is 1. The fourth-order valence-corrected chi connectivity index (χ4v) is 4.55. The van der Waals surface area contributed by atoms with Crippen molar-refractivity contribution in [3.8, 4) is 17.2 Å². The van der Waals surface area contributed by atoms with Gasteiger partial charge in [-0.05, 0) is 47.2 Å². The maximum Gasteiger partial charge on any atom is 0.263 e. The summed E-state index contributed by atoms with van der Waals surface area (Å²) in [5.41, 5.74) is 2.25. The molecule has 1 aliphatic heterocycles. The summed E-state index contributed by atoms with van der Waals surface area (Å²) in [7, 11) is -0.456. The molecule has 9 heteroatoms. The molecule has 0 saturated carbocycles. The first-order valence-electron chi connectivity index (χ1n) is 10.7. The summed E-state index contributed by atoms with van der Waals surface area (Å²) < 4.78 is 42.7.